The van der Waals surface area contributed by atoms with Crippen molar-refractivity contribution in [3.63, 3.8) is 0 Å². The number of carbonyl (C=O) groups is 1. The van der Waals surface area contributed by atoms with Crippen molar-refractivity contribution in [2.24, 2.45) is 5.92 Å². The van der Waals surface area contributed by atoms with E-state index in [9.17, 15) is 4.79 Å². The maximum atomic E-state index is 11.0. The summed E-state index contributed by atoms with van der Waals surface area (Å²) in [4.78, 5) is 12.9. The van der Waals surface area contributed by atoms with Crippen LogP contribution in [0.4, 0.5) is 0 Å². The molecule has 4 heteroatoms. The number of aryl methyl sites for hydroxylation is 1. The molecule has 0 heterocycles. The Bertz CT molecular complexity index is 795. The van der Waals surface area contributed by atoms with E-state index >= 15 is 0 Å². The maximum Gasteiger partial charge on any atom is 0.317 e. The van der Waals surface area contributed by atoms with Gasteiger partial charge in [0.2, 0.25) is 0 Å². The minimum absolute atomic E-state index is 0.0538. The summed E-state index contributed by atoms with van der Waals surface area (Å²) in [5, 5.41) is 18.2. The molecule has 2 atom stereocenters. The van der Waals surface area contributed by atoms with E-state index in [1.54, 1.807) is 0 Å². The lowest BCUT2D eigenvalue weighted by Crippen LogP contribution is -2.35. The summed E-state index contributed by atoms with van der Waals surface area (Å²) in [6.45, 7) is 0.795. The zero-order valence-corrected chi connectivity index (χ0v) is 14.4. The van der Waals surface area contributed by atoms with Crippen LogP contribution in [0.5, 0.6) is 0 Å². The van der Waals surface area contributed by atoms with Gasteiger partial charge in [0.05, 0.1) is 18.2 Å². The molecule has 0 spiro atoms. The number of hydrogen-bond donors (Lipinski definition) is 1. The van der Waals surface area contributed by atoms with E-state index in [-0.39, 0.29) is 12.5 Å². The number of nitriles is 1. The number of carboxylic acids is 1. The van der Waals surface area contributed by atoms with Gasteiger partial charge in [-0.3, -0.25) is 9.69 Å². The normalized spacial score (nSPS) is 19.2. The molecule has 0 fully saturated rings. The first-order valence-corrected chi connectivity index (χ1v) is 8.56. The summed E-state index contributed by atoms with van der Waals surface area (Å²) in [7, 11) is 1.87. The molecule has 1 aliphatic carbocycles. The molecule has 0 saturated carbocycles. The molecule has 2 aromatic carbocycles. The lowest BCUT2D eigenvalue weighted by Gasteiger charge is -2.36. The van der Waals surface area contributed by atoms with Crippen LogP contribution in [-0.2, 0) is 11.2 Å². The fourth-order valence-corrected chi connectivity index (χ4v) is 3.96. The third-order valence-electron chi connectivity index (χ3n) is 4.97. The molecule has 128 valence electrons. The van der Waals surface area contributed by atoms with E-state index in [1.165, 1.54) is 16.7 Å². The fraction of sp³-hybridized carbons (Fsp3) is 0.333. The van der Waals surface area contributed by atoms with Crippen molar-refractivity contribution in [1.29, 1.82) is 5.26 Å². The average molecular weight is 334 g/mol. The van der Waals surface area contributed by atoms with Gasteiger partial charge in [-0.25, -0.2) is 0 Å². The molecular weight excluding hydrogens is 312 g/mol. The third kappa shape index (κ3) is 3.89. The molecule has 3 rings (SSSR count). The number of likely N-dealkylation sites (N-methyl/N-ethyl adjacent to an activating group) is 1. The number of nitrogens with zero attached hydrogens (tertiary/aromatic N) is 2. The van der Waals surface area contributed by atoms with Crippen LogP contribution < -0.4 is 0 Å². The van der Waals surface area contributed by atoms with Gasteiger partial charge in [0.1, 0.15) is 0 Å². The number of aliphatic carboxylic acids is 1. The molecule has 0 aliphatic heterocycles. The zero-order valence-electron chi connectivity index (χ0n) is 14.4. The molecule has 1 N–H and O–H groups in total. The van der Waals surface area contributed by atoms with E-state index in [4.69, 9.17) is 10.4 Å². The molecule has 25 heavy (non-hydrogen) atoms. The molecule has 0 radical (unpaired) electrons. The highest BCUT2D eigenvalue weighted by Gasteiger charge is 2.31. The van der Waals surface area contributed by atoms with Crippen LogP contribution in [-0.4, -0.2) is 36.1 Å². The molecule has 0 amide bonds. The topological polar surface area (TPSA) is 64.3 Å². The van der Waals surface area contributed by atoms with Gasteiger partial charge >= 0.3 is 5.97 Å². The highest BCUT2D eigenvalue weighted by atomic mass is 16.4. The predicted octanol–water partition coefficient (Wildman–Crippen LogP) is 3.27. The number of carboxylic acid groups (broad SMARTS) is 1. The minimum Gasteiger partial charge on any atom is -0.480 e. The molecule has 0 bridgehead atoms. The van der Waals surface area contributed by atoms with Crippen molar-refractivity contribution in [1.82, 2.24) is 4.90 Å². The van der Waals surface area contributed by atoms with Crippen molar-refractivity contribution in [3.8, 4) is 6.07 Å². The van der Waals surface area contributed by atoms with Gasteiger partial charge in [-0.2, -0.15) is 5.26 Å². The second kappa shape index (κ2) is 7.50. The summed E-state index contributed by atoms with van der Waals surface area (Å²) < 4.78 is 0. The van der Waals surface area contributed by atoms with Gasteiger partial charge in [0, 0.05) is 12.5 Å². The van der Waals surface area contributed by atoms with Gasteiger partial charge in [-0.05, 0) is 54.6 Å². The second-order valence-electron chi connectivity index (χ2n) is 6.80. The number of rotatable bonds is 5. The largest absolute Gasteiger partial charge is 0.480 e. The summed E-state index contributed by atoms with van der Waals surface area (Å²) in [6, 6.07) is 18.6. The van der Waals surface area contributed by atoms with Gasteiger partial charge in [-0.15, -0.1) is 0 Å². The Morgan fingerprint density at radius 2 is 2.04 bits per heavy atom. The van der Waals surface area contributed by atoms with Crippen LogP contribution in [0.2, 0.25) is 0 Å². The van der Waals surface area contributed by atoms with Crippen molar-refractivity contribution in [2.75, 3.05) is 20.1 Å². The van der Waals surface area contributed by atoms with Crippen LogP contribution in [0.25, 0.3) is 0 Å². The van der Waals surface area contributed by atoms with Crippen molar-refractivity contribution < 1.29 is 9.90 Å². The van der Waals surface area contributed by atoms with E-state index in [2.05, 4.69) is 24.3 Å². The van der Waals surface area contributed by atoms with Crippen LogP contribution in [0.15, 0.2) is 48.5 Å². The Kier molecular flexibility index (Phi) is 5.16. The number of hydrogen-bond acceptors (Lipinski definition) is 3. The second-order valence-corrected chi connectivity index (χ2v) is 6.80. The van der Waals surface area contributed by atoms with Gasteiger partial charge in [0.15, 0.2) is 0 Å². The fourth-order valence-electron chi connectivity index (χ4n) is 3.96. The van der Waals surface area contributed by atoms with Gasteiger partial charge < -0.3 is 5.11 Å². The van der Waals surface area contributed by atoms with E-state index in [0.29, 0.717) is 11.5 Å². The molecule has 0 saturated heterocycles. The Hall–Kier alpha value is -2.64. The zero-order chi connectivity index (χ0) is 17.8. The van der Waals surface area contributed by atoms with Crippen molar-refractivity contribution in [2.45, 2.75) is 18.8 Å². The van der Waals surface area contributed by atoms with E-state index in [1.807, 2.05) is 42.3 Å². The Labute approximate surface area is 148 Å². The molecule has 0 aromatic heterocycles. The monoisotopic (exact) mass is 334 g/mol. The molecule has 2 unspecified atom stereocenters. The van der Waals surface area contributed by atoms with Gasteiger partial charge in [-0.1, -0.05) is 36.4 Å². The van der Waals surface area contributed by atoms with Crippen LogP contribution in [0, 0.1) is 17.2 Å². The van der Waals surface area contributed by atoms with Crippen LogP contribution >= 0.6 is 0 Å². The highest BCUT2D eigenvalue weighted by molar-refractivity contribution is 5.69. The third-order valence-corrected chi connectivity index (χ3v) is 4.97. The van der Waals surface area contributed by atoms with Crippen LogP contribution in [0.1, 0.15) is 34.6 Å². The quantitative estimate of drug-likeness (QED) is 0.911. The molecule has 1 aliphatic rings. The Balaban J connectivity index is 1.96. The van der Waals surface area contributed by atoms with E-state index in [0.717, 1.165) is 19.4 Å². The average Bonchev–Trinajstić information content (AvgIpc) is 2.61. The number of benzene rings is 2. The smallest absolute Gasteiger partial charge is 0.317 e. The Morgan fingerprint density at radius 1 is 1.28 bits per heavy atom. The summed E-state index contributed by atoms with van der Waals surface area (Å²) in [5.74, 6) is -0.213. The predicted molar refractivity (Wildman–Crippen MR) is 96.4 cm³/mol. The maximum absolute atomic E-state index is 11.0. The first-order chi connectivity index (χ1) is 12.1. The molecular formula is C21H22N2O2. The highest BCUT2D eigenvalue weighted by Crippen LogP contribution is 2.41. The SMILES string of the molecule is CN(CC(=O)O)CC1CCc2cc(C#N)ccc2C1c1ccccc1. The lowest BCUT2D eigenvalue weighted by molar-refractivity contribution is -0.138. The molecule has 2 aromatic rings. The molecule has 4 nitrogen and oxygen atoms in total. The van der Waals surface area contributed by atoms with E-state index < -0.39 is 5.97 Å². The van der Waals surface area contributed by atoms with Gasteiger partial charge in [0.25, 0.3) is 0 Å². The summed E-state index contributed by atoms with van der Waals surface area (Å²) >= 11 is 0. The Morgan fingerprint density at radius 3 is 2.72 bits per heavy atom. The summed E-state index contributed by atoms with van der Waals surface area (Å²) in [5.41, 5.74) is 4.46. The first-order valence-electron chi connectivity index (χ1n) is 8.56. The standard InChI is InChI=1S/C21H22N2O2/c1-23(14-20(24)25)13-18-9-8-17-11-15(12-22)7-10-19(17)21(18)16-5-3-2-4-6-16/h2-7,10-11,18,21H,8-9,13-14H2,1H3,(H,24,25). The lowest BCUT2D eigenvalue weighted by atomic mass is 9.71. The first kappa shape index (κ1) is 17.2. The minimum atomic E-state index is -0.798. The van der Waals surface area contributed by atoms with Crippen molar-refractivity contribution in [3.05, 3.63) is 70.8 Å². The van der Waals surface area contributed by atoms with Crippen LogP contribution in [0.3, 0.4) is 0 Å². The van der Waals surface area contributed by atoms with Crippen molar-refractivity contribution >= 4 is 5.97 Å². The summed E-state index contributed by atoms with van der Waals surface area (Å²) in [6.07, 6.45) is 1.92. The number of fused-ring (bicyclic) bond motifs is 1.